The highest BCUT2D eigenvalue weighted by Crippen LogP contribution is 1.97. The molecule has 78 valence electrons. The van der Waals surface area contributed by atoms with Crippen LogP contribution < -0.4 is 5.73 Å². The Balaban J connectivity index is 3.54. The molecule has 5 nitrogen and oxygen atoms in total. The van der Waals surface area contributed by atoms with Crippen LogP contribution in [0.25, 0.3) is 0 Å². The summed E-state index contributed by atoms with van der Waals surface area (Å²) in [6.07, 6.45) is 5.37. The smallest absolute Gasteiger partial charge is 0.320 e. The van der Waals surface area contributed by atoms with Crippen molar-refractivity contribution in [2.45, 2.75) is 25.3 Å². The van der Waals surface area contributed by atoms with Crippen LogP contribution >= 0.6 is 0 Å². The first-order valence-corrected chi connectivity index (χ1v) is 4.15. The number of terminal acetylenes is 1. The van der Waals surface area contributed by atoms with Crippen molar-refractivity contribution in [3.8, 4) is 12.3 Å². The molecular weight excluding hydrogens is 186 g/mol. The van der Waals surface area contributed by atoms with E-state index in [1.54, 1.807) is 0 Å². The van der Waals surface area contributed by atoms with Crippen molar-refractivity contribution in [3.63, 3.8) is 0 Å². The Morgan fingerprint density at radius 2 is 2.21 bits per heavy atom. The standard InChI is InChI=1S/C9H13NO4/c1-2-3-6-14-8(11)5-4-7(10)9(12)13/h1,7H,3-6,10H2,(H,12,13)/t7-/m0/s1. The summed E-state index contributed by atoms with van der Waals surface area (Å²) in [5, 5.41) is 8.41. The van der Waals surface area contributed by atoms with E-state index in [-0.39, 0.29) is 19.4 Å². The van der Waals surface area contributed by atoms with E-state index in [0.29, 0.717) is 6.42 Å². The van der Waals surface area contributed by atoms with Crippen LogP contribution in [-0.4, -0.2) is 29.7 Å². The summed E-state index contributed by atoms with van der Waals surface area (Å²) < 4.78 is 4.68. The molecule has 0 saturated heterocycles. The van der Waals surface area contributed by atoms with E-state index in [0.717, 1.165) is 0 Å². The van der Waals surface area contributed by atoms with E-state index in [9.17, 15) is 9.59 Å². The summed E-state index contributed by atoms with van der Waals surface area (Å²) in [6, 6.07) is -1.02. The Hall–Kier alpha value is -1.54. The molecule has 0 aliphatic carbocycles. The highest BCUT2D eigenvalue weighted by molar-refractivity contribution is 5.75. The second-order valence-electron chi connectivity index (χ2n) is 2.66. The quantitative estimate of drug-likeness (QED) is 0.349. The van der Waals surface area contributed by atoms with Crippen molar-refractivity contribution in [3.05, 3.63) is 0 Å². The van der Waals surface area contributed by atoms with Gasteiger partial charge in [-0.25, -0.2) is 0 Å². The van der Waals surface area contributed by atoms with Gasteiger partial charge in [-0.3, -0.25) is 9.59 Å². The fourth-order valence-corrected chi connectivity index (χ4v) is 0.693. The number of carbonyl (C=O) groups is 2. The van der Waals surface area contributed by atoms with Gasteiger partial charge in [0.15, 0.2) is 0 Å². The molecule has 0 spiro atoms. The Kier molecular flexibility index (Phi) is 6.16. The second-order valence-corrected chi connectivity index (χ2v) is 2.66. The van der Waals surface area contributed by atoms with Crippen molar-refractivity contribution < 1.29 is 19.4 Å². The number of aliphatic carboxylic acids is 1. The van der Waals surface area contributed by atoms with Crippen molar-refractivity contribution in [2.75, 3.05) is 6.61 Å². The lowest BCUT2D eigenvalue weighted by molar-refractivity contribution is -0.144. The molecule has 0 unspecified atom stereocenters. The highest BCUT2D eigenvalue weighted by Gasteiger charge is 2.13. The van der Waals surface area contributed by atoms with Gasteiger partial charge in [0.1, 0.15) is 12.6 Å². The molecule has 0 fully saturated rings. The maximum Gasteiger partial charge on any atom is 0.320 e. The van der Waals surface area contributed by atoms with Gasteiger partial charge in [-0.1, -0.05) is 0 Å². The molecular formula is C9H13NO4. The molecule has 14 heavy (non-hydrogen) atoms. The monoisotopic (exact) mass is 199 g/mol. The summed E-state index contributed by atoms with van der Waals surface area (Å²) in [7, 11) is 0. The first kappa shape index (κ1) is 12.5. The average molecular weight is 199 g/mol. The number of ether oxygens (including phenoxy) is 1. The molecule has 0 aliphatic heterocycles. The van der Waals surface area contributed by atoms with Crippen LogP contribution in [0.4, 0.5) is 0 Å². The average Bonchev–Trinajstić information content (AvgIpc) is 2.14. The number of esters is 1. The normalized spacial score (nSPS) is 11.4. The Bertz CT molecular complexity index is 244. The van der Waals surface area contributed by atoms with Crippen molar-refractivity contribution >= 4 is 11.9 Å². The fourth-order valence-electron chi connectivity index (χ4n) is 0.693. The first-order valence-electron chi connectivity index (χ1n) is 4.15. The van der Waals surface area contributed by atoms with Crippen LogP contribution in [0.2, 0.25) is 0 Å². The van der Waals surface area contributed by atoms with Crippen LogP contribution in [-0.2, 0) is 14.3 Å². The maximum absolute atomic E-state index is 10.9. The van der Waals surface area contributed by atoms with E-state index < -0.39 is 18.0 Å². The minimum Gasteiger partial charge on any atom is -0.480 e. The summed E-state index contributed by atoms with van der Waals surface area (Å²) in [5.74, 6) is 0.711. The van der Waals surface area contributed by atoms with Gasteiger partial charge in [0.25, 0.3) is 0 Å². The Morgan fingerprint density at radius 3 is 2.71 bits per heavy atom. The van der Waals surface area contributed by atoms with Gasteiger partial charge in [0, 0.05) is 12.8 Å². The molecule has 0 aromatic heterocycles. The number of carboxylic acids is 1. The molecule has 0 bridgehead atoms. The minimum atomic E-state index is -1.12. The van der Waals surface area contributed by atoms with Gasteiger partial charge in [-0.2, -0.15) is 0 Å². The van der Waals surface area contributed by atoms with Crippen LogP contribution in [0.15, 0.2) is 0 Å². The number of carbonyl (C=O) groups excluding carboxylic acids is 1. The highest BCUT2D eigenvalue weighted by atomic mass is 16.5. The third kappa shape index (κ3) is 6.03. The molecule has 0 heterocycles. The fraction of sp³-hybridized carbons (Fsp3) is 0.556. The van der Waals surface area contributed by atoms with E-state index in [2.05, 4.69) is 10.7 Å². The minimum absolute atomic E-state index is 0.00195. The summed E-state index contributed by atoms with van der Waals surface area (Å²) >= 11 is 0. The summed E-state index contributed by atoms with van der Waals surface area (Å²) in [6.45, 7) is 0.164. The molecule has 1 atom stereocenters. The van der Waals surface area contributed by atoms with Crippen LogP contribution in [0.1, 0.15) is 19.3 Å². The number of carboxylic acid groups (broad SMARTS) is 1. The van der Waals surface area contributed by atoms with Crippen molar-refractivity contribution in [2.24, 2.45) is 5.73 Å². The van der Waals surface area contributed by atoms with Gasteiger partial charge in [-0.15, -0.1) is 12.3 Å². The van der Waals surface area contributed by atoms with E-state index >= 15 is 0 Å². The molecule has 5 heteroatoms. The zero-order valence-corrected chi connectivity index (χ0v) is 7.73. The van der Waals surface area contributed by atoms with Crippen molar-refractivity contribution in [1.82, 2.24) is 0 Å². The molecule has 0 aromatic carbocycles. The van der Waals surface area contributed by atoms with E-state index in [1.165, 1.54) is 0 Å². The van der Waals surface area contributed by atoms with Gasteiger partial charge in [-0.05, 0) is 6.42 Å². The third-order valence-corrected chi connectivity index (χ3v) is 1.49. The van der Waals surface area contributed by atoms with Gasteiger partial charge in [0.2, 0.25) is 0 Å². The zero-order chi connectivity index (χ0) is 11.0. The largest absolute Gasteiger partial charge is 0.480 e. The molecule has 0 rings (SSSR count). The Labute approximate surface area is 82.2 Å². The van der Waals surface area contributed by atoms with E-state index in [4.69, 9.17) is 17.3 Å². The van der Waals surface area contributed by atoms with Gasteiger partial charge in [0.05, 0.1) is 0 Å². The molecule has 0 saturated carbocycles. The number of nitrogens with two attached hydrogens (primary N) is 1. The number of hydrogen-bond acceptors (Lipinski definition) is 4. The topological polar surface area (TPSA) is 89.6 Å². The van der Waals surface area contributed by atoms with Crippen LogP contribution in [0, 0.1) is 12.3 Å². The molecule has 3 N–H and O–H groups in total. The lowest BCUT2D eigenvalue weighted by atomic mass is 10.2. The number of rotatable bonds is 6. The second kappa shape index (κ2) is 6.92. The summed E-state index contributed by atoms with van der Waals surface area (Å²) in [5.41, 5.74) is 5.18. The zero-order valence-electron chi connectivity index (χ0n) is 7.73. The summed E-state index contributed by atoms with van der Waals surface area (Å²) in [4.78, 5) is 21.2. The SMILES string of the molecule is C#CCCOC(=O)CC[C@H](N)C(=O)O. The number of hydrogen-bond donors (Lipinski definition) is 2. The third-order valence-electron chi connectivity index (χ3n) is 1.49. The van der Waals surface area contributed by atoms with Crippen LogP contribution in [0.5, 0.6) is 0 Å². The predicted octanol–water partition coefficient (Wildman–Crippen LogP) is -0.255. The van der Waals surface area contributed by atoms with Crippen LogP contribution in [0.3, 0.4) is 0 Å². The van der Waals surface area contributed by atoms with Gasteiger partial charge < -0.3 is 15.6 Å². The maximum atomic E-state index is 10.9. The molecule has 0 aliphatic rings. The van der Waals surface area contributed by atoms with Gasteiger partial charge >= 0.3 is 11.9 Å². The first-order chi connectivity index (χ1) is 6.57. The lowest BCUT2D eigenvalue weighted by Crippen LogP contribution is -2.30. The predicted molar refractivity (Wildman–Crippen MR) is 49.3 cm³/mol. The molecule has 0 aromatic rings. The van der Waals surface area contributed by atoms with E-state index in [1.807, 2.05) is 0 Å². The molecule has 0 radical (unpaired) electrons. The Morgan fingerprint density at radius 1 is 1.57 bits per heavy atom. The van der Waals surface area contributed by atoms with Crippen molar-refractivity contribution in [1.29, 1.82) is 0 Å². The lowest BCUT2D eigenvalue weighted by Gasteiger charge is -2.05. The molecule has 0 amide bonds.